The first-order chi connectivity index (χ1) is 14.0. The molecule has 9 heteroatoms. The summed E-state index contributed by atoms with van der Waals surface area (Å²) in [5.74, 6) is 1.06. The van der Waals surface area contributed by atoms with Crippen molar-refractivity contribution in [2.75, 3.05) is 10.6 Å². The number of nitrogens with one attached hydrogen (secondary N) is 2. The lowest BCUT2D eigenvalue weighted by Crippen LogP contribution is -2.10. The van der Waals surface area contributed by atoms with Gasteiger partial charge < -0.3 is 15.2 Å². The first kappa shape index (κ1) is 18.4. The highest BCUT2D eigenvalue weighted by molar-refractivity contribution is 6.02. The van der Waals surface area contributed by atoms with Crippen LogP contribution in [0.1, 0.15) is 27.5 Å². The van der Waals surface area contributed by atoms with Crippen LogP contribution in [0.5, 0.6) is 0 Å². The second-order valence-corrected chi connectivity index (χ2v) is 6.52. The Bertz CT molecular complexity index is 1130. The van der Waals surface area contributed by atoms with E-state index in [0.717, 1.165) is 22.6 Å². The number of carbonyl (C=O) groups is 1. The predicted octanol–water partition coefficient (Wildman–Crippen LogP) is 3.57. The Labute approximate surface area is 166 Å². The van der Waals surface area contributed by atoms with Gasteiger partial charge in [-0.3, -0.25) is 4.79 Å². The molecule has 0 saturated heterocycles. The fourth-order valence-corrected chi connectivity index (χ4v) is 2.76. The van der Waals surface area contributed by atoms with Gasteiger partial charge in [-0.2, -0.15) is 5.10 Å². The number of anilines is 3. The molecule has 2 N–H and O–H groups in total. The van der Waals surface area contributed by atoms with Gasteiger partial charge in [-0.1, -0.05) is 5.16 Å². The molecule has 3 aromatic heterocycles. The Morgan fingerprint density at radius 3 is 2.31 bits per heavy atom. The Morgan fingerprint density at radius 2 is 1.72 bits per heavy atom. The number of aryl methyl sites for hydroxylation is 1. The number of nitrogens with zero attached hydrogens (tertiary/aromatic N) is 5. The zero-order valence-corrected chi connectivity index (χ0v) is 16.2. The highest BCUT2D eigenvalue weighted by Gasteiger charge is 2.11. The minimum atomic E-state index is -0.357. The van der Waals surface area contributed by atoms with Gasteiger partial charge in [-0.25, -0.2) is 4.68 Å². The molecule has 1 aromatic carbocycles. The number of benzene rings is 1. The molecular weight excluding hydrogens is 370 g/mol. The number of aromatic nitrogens is 5. The second-order valence-electron chi connectivity index (χ2n) is 6.52. The Kier molecular flexibility index (Phi) is 4.78. The predicted molar refractivity (Wildman–Crippen MR) is 108 cm³/mol. The van der Waals surface area contributed by atoms with Crippen molar-refractivity contribution in [2.24, 2.45) is 0 Å². The van der Waals surface area contributed by atoms with Crippen molar-refractivity contribution in [3.8, 4) is 5.82 Å². The molecule has 0 aliphatic heterocycles. The van der Waals surface area contributed by atoms with Crippen LogP contribution in [0.3, 0.4) is 0 Å². The van der Waals surface area contributed by atoms with Crippen LogP contribution >= 0.6 is 0 Å². The molecule has 4 aromatic rings. The number of rotatable bonds is 5. The summed E-state index contributed by atoms with van der Waals surface area (Å²) in [4.78, 5) is 12.0. The zero-order valence-electron chi connectivity index (χ0n) is 16.2. The van der Waals surface area contributed by atoms with E-state index < -0.39 is 0 Å². The highest BCUT2D eigenvalue weighted by Crippen LogP contribution is 2.19. The molecule has 29 heavy (non-hydrogen) atoms. The average molecular weight is 389 g/mol. The summed E-state index contributed by atoms with van der Waals surface area (Å²) in [5, 5.41) is 22.4. The minimum absolute atomic E-state index is 0.153. The van der Waals surface area contributed by atoms with Gasteiger partial charge in [0.25, 0.3) is 5.91 Å². The van der Waals surface area contributed by atoms with Crippen LogP contribution in [0.2, 0.25) is 0 Å². The van der Waals surface area contributed by atoms with Crippen molar-refractivity contribution in [1.82, 2.24) is 25.1 Å². The van der Waals surface area contributed by atoms with E-state index in [0.29, 0.717) is 17.3 Å². The van der Waals surface area contributed by atoms with Gasteiger partial charge >= 0.3 is 0 Å². The van der Waals surface area contributed by atoms with E-state index in [1.165, 1.54) is 12.3 Å². The summed E-state index contributed by atoms with van der Waals surface area (Å²) >= 11 is 0. The van der Waals surface area contributed by atoms with Crippen LogP contribution in [0.25, 0.3) is 5.82 Å². The van der Waals surface area contributed by atoms with Gasteiger partial charge in [0.15, 0.2) is 11.6 Å². The third-order valence-corrected chi connectivity index (χ3v) is 4.60. The van der Waals surface area contributed by atoms with Crippen LogP contribution in [0, 0.1) is 20.8 Å². The molecule has 0 fully saturated rings. The molecule has 9 nitrogen and oxygen atoms in total. The van der Waals surface area contributed by atoms with Crippen LogP contribution < -0.4 is 10.6 Å². The fourth-order valence-electron chi connectivity index (χ4n) is 2.76. The van der Waals surface area contributed by atoms with Gasteiger partial charge in [0.2, 0.25) is 5.76 Å². The summed E-state index contributed by atoms with van der Waals surface area (Å²) < 4.78 is 6.62. The quantitative estimate of drug-likeness (QED) is 0.537. The largest absolute Gasteiger partial charge is 0.351 e. The standard InChI is InChI=1S/C20H19N7O2/c1-12-13(2)26-27(14(12)3)19-9-8-18(24-25-19)22-15-4-6-16(7-5-15)23-20(28)17-10-11-21-29-17/h4-11H,1-3H3,(H,22,24)(H,23,28). The van der Waals surface area contributed by atoms with Crippen LogP contribution in [0.15, 0.2) is 53.2 Å². The molecule has 0 spiro atoms. The van der Waals surface area contributed by atoms with Crippen molar-refractivity contribution >= 4 is 23.1 Å². The molecule has 3 heterocycles. The summed E-state index contributed by atoms with van der Waals surface area (Å²) in [5.41, 5.74) is 4.61. The maximum Gasteiger partial charge on any atom is 0.294 e. The van der Waals surface area contributed by atoms with Crippen molar-refractivity contribution in [3.63, 3.8) is 0 Å². The van der Waals surface area contributed by atoms with Gasteiger partial charge in [0.05, 0.1) is 11.9 Å². The Morgan fingerprint density at radius 1 is 0.966 bits per heavy atom. The molecule has 0 bridgehead atoms. The first-order valence-corrected chi connectivity index (χ1v) is 8.97. The fraction of sp³-hybridized carbons (Fsp3) is 0.150. The Hall–Kier alpha value is -4.01. The number of hydrogen-bond donors (Lipinski definition) is 2. The van der Waals surface area contributed by atoms with Gasteiger partial charge in [0, 0.05) is 23.1 Å². The van der Waals surface area contributed by atoms with E-state index in [1.54, 1.807) is 16.8 Å². The molecule has 146 valence electrons. The van der Waals surface area contributed by atoms with Gasteiger partial charge in [-0.15, -0.1) is 10.2 Å². The second kappa shape index (κ2) is 7.55. The minimum Gasteiger partial charge on any atom is -0.351 e. The van der Waals surface area contributed by atoms with Gasteiger partial charge in [-0.05, 0) is 62.7 Å². The SMILES string of the molecule is Cc1nn(-c2ccc(Nc3ccc(NC(=O)c4ccno4)cc3)nn2)c(C)c1C. The third kappa shape index (κ3) is 3.84. The molecule has 0 radical (unpaired) electrons. The summed E-state index contributed by atoms with van der Waals surface area (Å²) in [6.07, 6.45) is 1.42. The number of hydrogen-bond acceptors (Lipinski definition) is 7. The van der Waals surface area contributed by atoms with Crippen LogP contribution in [-0.4, -0.2) is 31.0 Å². The lowest BCUT2D eigenvalue weighted by molar-refractivity contribution is 0.0988. The molecule has 0 saturated carbocycles. The van der Waals surface area contributed by atoms with E-state index in [2.05, 4.69) is 31.1 Å². The highest BCUT2D eigenvalue weighted by atomic mass is 16.5. The van der Waals surface area contributed by atoms with Crippen molar-refractivity contribution in [3.05, 3.63) is 71.4 Å². The van der Waals surface area contributed by atoms with Gasteiger partial charge in [0.1, 0.15) is 0 Å². The summed E-state index contributed by atoms with van der Waals surface area (Å²) in [6, 6.07) is 12.4. The van der Waals surface area contributed by atoms with Crippen molar-refractivity contribution < 1.29 is 9.32 Å². The lowest BCUT2D eigenvalue weighted by atomic mass is 10.2. The Balaban J connectivity index is 1.43. The van der Waals surface area contributed by atoms with Crippen LogP contribution in [0.4, 0.5) is 17.2 Å². The molecule has 0 atom stereocenters. The first-order valence-electron chi connectivity index (χ1n) is 8.97. The number of amides is 1. The maximum absolute atomic E-state index is 12.0. The number of carbonyl (C=O) groups excluding carboxylic acids is 1. The molecule has 1 amide bonds. The average Bonchev–Trinajstić information content (AvgIpc) is 3.35. The molecule has 4 rings (SSSR count). The normalized spacial score (nSPS) is 10.7. The third-order valence-electron chi connectivity index (χ3n) is 4.60. The van der Waals surface area contributed by atoms with E-state index in [1.807, 2.05) is 45.0 Å². The maximum atomic E-state index is 12.0. The van der Waals surface area contributed by atoms with Crippen LogP contribution in [-0.2, 0) is 0 Å². The molecule has 0 aliphatic rings. The van der Waals surface area contributed by atoms with E-state index >= 15 is 0 Å². The van der Waals surface area contributed by atoms with Crippen molar-refractivity contribution in [1.29, 1.82) is 0 Å². The van der Waals surface area contributed by atoms with E-state index in [9.17, 15) is 4.79 Å². The zero-order chi connectivity index (χ0) is 20.4. The van der Waals surface area contributed by atoms with E-state index in [4.69, 9.17) is 4.52 Å². The lowest BCUT2D eigenvalue weighted by Gasteiger charge is -2.08. The smallest absolute Gasteiger partial charge is 0.294 e. The monoisotopic (exact) mass is 389 g/mol. The summed E-state index contributed by atoms with van der Waals surface area (Å²) in [7, 11) is 0. The molecule has 0 aliphatic carbocycles. The topological polar surface area (TPSA) is 111 Å². The van der Waals surface area contributed by atoms with E-state index in [-0.39, 0.29) is 11.7 Å². The van der Waals surface area contributed by atoms with Crippen molar-refractivity contribution in [2.45, 2.75) is 20.8 Å². The molecule has 0 unspecified atom stereocenters. The molecular formula is C20H19N7O2. The summed E-state index contributed by atoms with van der Waals surface area (Å²) in [6.45, 7) is 6.01.